The van der Waals surface area contributed by atoms with Crippen LogP contribution in [-0.2, 0) is 0 Å². The molecule has 0 atom stereocenters. The van der Waals surface area contributed by atoms with Crippen LogP contribution in [0.5, 0.6) is 0 Å². The normalized spacial score (nSPS) is 11.6. The maximum atomic E-state index is 3.41. The fourth-order valence-electron chi connectivity index (χ4n) is 4.47. The second-order valence-corrected chi connectivity index (χ2v) is 7.31. The fourth-order valence-corrected chi connectivity index (χ4v) is 4.47. The van der Waals surface area contributed by atoms with E-state index in [9.17, 15) is 0 Å². The summed E-state index contributed by atoms with van der Waals surface area (Å²) in [6, 6.07) is 40.4. The van der Waals surface area contributed by atoms with E-state index < -0.39 is 0 Å². The average molecular weight is 353 g/mol. The van der Waals surface area contributed by atoms with Gasteiger partial charge in [-0.25, -0.2) is 0 Å². The molecule has 28 heavy (non-hydrogen) atoms. The highest BCUT2D eigenvalue weighted by molar-refractivity contribution is 6.18. The first-order valence-electron chi connectivity index (χ1n) is 9.62. The molecule has 0 aliphatic rings. The molecule has 6 aromatic rings. The summed E-state index contributed by atoms with van der Waals surface area (Å²) in [5.41, 5.74) is 2.51. The Morgan fingerprint density at radius 3 is 1.82 bits per heavy atom. The molecular formula is C28H17. The predicted molar refractivity (Wildman–Crippen MR) is 121 cm³/mol. The van der Waals surface area contributed by atoms with Crippen molar-refractivity contribution in [1.82, 2.24) is 0 Å². The summed E-state index contributed by atoms with van der Waals surface area (Å²) < 4.78 is 0. The second kappa shape index (κ2) is 5.94. The van der Waals surface area contributed by atoms with Gasteiger partial charge in [-0.3, -0.25) is 0 Å². The Labute approximate surface area is 163 Å². The molecule has 0 saturated heterocycles. The van der Waals surface area contributed by atoms with E-state index in [1.54, 1.807) is 0 Å². The van der Waals surface area contributed by atoms with Gasteiger partial charge in [0.2, 0.25) is 0 Å². The molecule has 6 rings (SSSR count). The number of benzene rings is 6. The summed E-state index contributed by atoms with van der Waals surface area (Å²) in [5, 5.41) is 10.2. The number of rotatable bonds is 1. The van der Waals surface area contributed by atoms with E-state index in [4.69, 9.17) is 0 Å². The van der Waals surface area contributed by atoms with Crippen molar-refractivity contribution in [3.8, 4) is 11.1 Å². The van der Waals surface area contributed by atoms with Gasteiger partial charge < -0.3 is 0 Å². The Kier molecular flexibility index (Phi) is 3.27. The van der Waals surface area contributed by atoms with Crippen LogP contribution in [0.1, 0.15) is 0 Å². The summed E-state index contributed by atoms with van der Waals surface area (Å²) in [4.78, 5) is 0. The summed E-state index contributed by atoms with van der Waals surface area (Å²) >= 11 is 0. The Balaban J connectivity index is 1.78. The highest BCUT2D eigenvalue weighted by atomic mass is 14.1. The zero-order valence-electron chi connectivity index (χ0n) is 15.3. The van der Waals surface area contributed by atoms with Crippen molar-refractivity contribution < 1.29 is 0 Å². The molecule has 0 amide bonds. The zero-order valence-corrected chi connectivity index (χ0v) is 15.3. The molecule has 0 saturated carbocycles. The van der Waals surface area contributed by atoms with Gasteiger partial charge in [0, 0.05) is 0 Å². The van der Waals surface area contributed by atoms with Crippen molar-refractivity contribution in [2.45, 2.75) is 0 Å². The van der Waals surface area contributed by atoms with Crippen LogP contribution in [0.25, 0.3) is 54.2 Å². The summed E-state index contributed by atoms with van der Waals surface area (Å²) in [5.74, 6) is 0. The zero-order chi connectivity index (χ0) is 18.5. The lowest BCUT2D eigenvalue weighted by Crippen LogP contribution is -1.87. The average Bonchev–Trinajstić information content (AvgIpc) is 2.78. The number of hydrogen-bond acceptors (Lipinski definition) is 0. The SMILES string of the molecule is [c]1cc(-c2cc3ccccc3c3ccccc23)c2ccc3ccccc3c2c1. The van der Waals surface area contributed by atoms with Gasteiger partial charge in [-0.05, 0) is 78.5 Å². The molecule has 0 aliphatic carbocycles. The van der Waals surface area contributed by atoms with Crippen molar-refractivity contribution >= 4 is 43.1 Å². The third-order valence-corrected chi connectivity index (χ3v) is 5.77. The minimum Gasteiger partial charge on any atom is -0.0616 e. The molecule has 0 nitrogen and oxygen atoms in total. The Morgan fingerprint density at radius 2 is 1.00 bits per heavy atom. The van der Waals surface area contributed by atoms with E-state index >= 15 is 0 Å². The lowest BCUT2D eigenvalue weighted by atomic mass is 9.89. The van der Waals surface area contributed by atoms with Crippen LogP contribution >= 0.6 is 0 Å². The molecular weight excluding hydrogens is 336 g/mol. The van der Waals surface area contributed by atoms with Crippen LogP contribution in [0.2, 0.25) is 0 Å². The molecule has 1 radical (unpaired) electrons. The van der Waals surface area contributed by atoms with Gasteiger partial charge in [0.05, 0.1) is 0 Å². The van der Waals surface area contributed by atoms with Gasteiger partial charge in [-0.2, -0.15) is 0 Å². The Hall–Kier alpha value is -3.64. The third-order valence-electron chi connectivity index (χ3n) is 5.77. The van der Waals surface area contributed by atoms with Gasteiger partial charge in [0.1, 0.15) is 0 Å². The highest BCUT2D eigenvalue weighted by Crippen LogP contribution is 2.39. The van der Waals surface area contributed by atoms with E-state index in [0.717, 1.165) is 0 Å². The first-order valence-corrected chi connectivity index (χ1v) is 9.62. The van der Waals surface area contributed by atoms with Crippen molar-refractivity contribution in [3.05, 3.63) is 109 Å². The van der Waals surface area contributed by atoms with Gasteiger partial charge in [0.25, 0.3) is 0 Å². The quantitative estimate of drug-likeness (QED) is 0.265. The van der Waals surface area contributed by atoms with E-state index in [0.29, 0.717) is 0 Å². The smallest absolute Gasteiger partial charge is 0.00926 e. The van der Waals surface area contributed by atoms with Crippen LogP contribution in [-0.4, -0.2) is 0 Å². The first-order chi connectivity index (χ1) is 13.9. The standard InChI is InChI=1S/C28H17/c1-3-10-21-19(8-1)16-17-27-24(21)14-7-15-26(27)28-18-20-9-2-4-11-22(20)23-12-5-6-13-25(23)28/h1-6,8-18H. The van der Waals surface area contributed by atoms with Crippen LogP contribution in [0, 0.1) is 6.07 Å². The van der Waals surface area contributed by atoms with Crippen molar-refractivity contribution in [2.24, 2.45) is 0 Å². The van der Waals surface area contributed by atoms with E-state index in [1.165, 1.54) is 54.2 Å². The number of hydrogen-bond donors (Lipinski definition) is 0. The predicted octanol–water partition coefficient (Wildman–Crippen LogP) is 7.77. The lowest BCUT2D eigenvalue weighted by molar-refractivity contribution is 1.70. The largest absolute Gasteiger partial charge is 0.0616 e. The minimum absolute atomic E-state index is 1.24. The van der Waals surface area contributed by atoms with E-state index in [2.05, 4.69) is 109 Å². The van der Waals surface area contributed by atoms with Crippen molar-refractivity contribution in [1.29, 1.82) is 0 Å². The highest BCUT2D eigenvalue weighted by Gasteiger charge is 2.11. The van der Waals surface area contributed by atoms with Gasteiger partial charge in [-0.15, -0.1) is 0 Å². The Bertz CT molecular complexity index is 1510. The van der Waals surface area contributed by atoms with Gasteiger partial charge >= 0.3 is 0 Å². The van der Waals surface area contributed by atoms with E-state index in [1.807, 2.05) is 0 Å². The molecule has 0 N–H and O–H groups in total. The van der Waals surface area contributed by atoms with Crippen molar-refractivity contribution in [3.63, 3.8) is 0 Å². The topological polar surface area (TPSA) is 0 Å². The van der Waals surface area contributed by atoms with Crippen LogP contribution in [0.3, 0.4) is 0 Å². The monoisotopic (exact) mass is 353 g/mol. The maximum Gasteiger partial charge on any atom is -0.00926 e. The van der Waals surface area contributed by atoms with Crippen molar-refractivity contribution in [2.75, 3.05) is 0 Å². The molecule has 0 unspecified atom stereocenters. The van der Waals surface area contributed by atoms with Crippen LogP contribution < -0.4 is 0 Å². The molecule has 0 fully saturated rings. The summed E-state index contributed by atoms with van der Waals surface area (Å²) in [6.07, 6.45) is 0. The van der Waals surface area contributed by atoms with E-state index in [-0.39, 0.29) is 0 Å². The molecule has 129 valence electrons. The lowest BCUT2D eigenvalue weighted by Gasteiger charge is -2.14. The third kappa shape index (κ3) is 2.18. The molecule has 0 heteroatoms. The molecule has 0 aromatic heterocycles. The summed E-state index contributed by atoms with van der Waals surface area (Å²) in [6.45, 7) is 0. The second-order valence-electron chi connectivity index (χ2n) is 7.31. The molecule has 0 spiro atoms. The number of fused-ring (bicyclic) bond motifs is 6. The molecule has 0 bridgehead atoms. The minimum atomic E-state index is 1.24. The molecule has 0 heterocycles. The Morgan fingerprint density at radius 1 is 0.393 bits per heavy atom. The van der Waals surface area contributed by atoms with Crippen LogP contribution in [0.4, 0.5) is 0 Å². The first kappa shape index (κ1) is 15.4. The molecule has 6 aromatic carbocycles. The van der Waals surface area contributed by atoms with Gasteiger partial charge in [0.15, 0.2) is 0 Å². The van der Waals surface area contributed by atoms with Gasteiger partial charge in [-0.1, -0.05) is 84.9 Å². The fraction of sp³-hybridized carbons (Fsp3) is 0. The van der Waals surface area contributed by atoms with Crippen LogP contribution in [0.15, 0.2) is 103 Å². The summed E-state index contributed by atoms with van der Waals surface area (Å²) in [7, 11) is 0. The molecule has 0 aliphatic heterocycles. The maximum absolute atomic E-state index is 3.41.